The summed E-state index contributed by atoms with van der Waals surface area (Å²) in [7, 11) is 0. The van der Waals surface area contributed by atoms with Gasteiger partial charge < -0.3 is 9.67 Å². The standard InChI is InChI=1S/C14H16N2O2S2/c1-9-2-3-12-11(6-9)15-14(20-8-13(17)18)16(12)10-4-5-19-7-10/h2-3,6,10H,4-5,7-8H2,1H3,(H,17,18). The molecule has 1 aliphatic heterocycles. The zero-order chi connectivity index (χ0) is 14.1. The molecule has 3 rings (SSSR count). The lowest BCUT2D eigenvalue weighted by molar-refractivity contribution is -0.133. The first-order chi connectivity index (χ1) is 9.65. The van der Waals surface area contributed by atoms with Crippen molar-refractivity contribution in [1.29, 1.82) is 0 Å². The fourth-order valence-electron chi connectivity index (χ4n) is 2.49. The van der Waals surface area contributed by atoms with Crippen LogP contribution in [0.5, 0.6) is 0 Å². The molecule has 20 heavy (non-hydrogen) atoms. The van der Waals surface area contributed by atoms with Gasteiger partial charge in [-0.05, 0) is 36.8 Å². The summed E-state index contributed by atoms with van der Waals surface area (Å²) in [6.07, 6.45) is 1.13. The minimum atomic E-state index is -0.800. The number of hydrogen-bond donors (Lipinski definition) is 1. The maximum absolute atomic E-state index is 10.8. The molecule has 2 heterocycles. The van der Waals surface area contributed by atoms with Crippen molar-refractivity contribution in [3.8, 4) is 0 Å². The predicted molar refractivity (Wildman–Crippen MR) is 83.8 cm³/mol. The van der Waals surface area contributed by atoms with Crippen molar-refractivity contribution in [1.82, 2.24) is 9.55 Å². The minimum absolute atomic E-state index is 0.0577. The molecular weight excluding hydrogens is 292 g/mol. The van der Waals surface area contributed by atoms with E-state index in [1.165, 1.54) is 23.1 Å². The maximum Gasteiger partial charge on any atom is 0.313 e. The molecule has 1 N–H and O–H groups in total. The quantitative estimate of drug-likeness (QED) is 0.879. The first-order valence-electron chi connectivity index (χ1n) is 6.56. The van der Waals surface area contributed by atoms with Crippen molar-refractivity contribution in [3.63, 3.8) is 0 Å². The van der Waals surface area contributed by atoms with Crippen molar-refractivity contribution < 1.29 is 9.90 Å². The minimum Gasteiger partial charge on any atom is -0.481 e. The highest BCUT2D eigenvalue weighted by Crippen LogP contribution is 2.35. The Labute approximate surface area is 126 Å². The SMILES string of the molecule is Cc1ccc2c(c1)nc(SCC(=O)O)n2C1CCSC1. The zero-order valence-corrected chi connectivity index (χ0v) is 12.8. The largest absolute Gasteiger partial charge is 0.481 e. The summed E-state index contributed by atoms with van der Waals surface area (Å²) in [5.74, 6) is 1.51. The first kappa shape index (κ1) is 13.8. The second-order valence-electron chi connectivity index (χ2n) is 4.96. The van der Waals surface area contributed by atoms with Crippen LogP contribution < -0.4 is 0 Å². The number of carboxylic acids is 1. The van der Waals surface area contributed by atoms with E-state index in [0.29, 0.717) is 6.04 Å². The summed E-state index contributed by atoms with van der Waals surface area (Å²) in [6, 6.07) is 6.70. The van der Waals surface area contributed by atoms with Gasteiger partial charge in [0.25, 0.3) is 0 Å². The molecule has 2 aromatic rings. The molecule has 0 amide bonds. The third-order valence-corrected chi connectivity index (χ3v) is 5.49. The van der Waals surface area contributed by atoms with Gasteiger partial charge in [0.2, 0.25) is 0 Å². The lowest BCUT2D eigenvalue weighted by Crippen LogP contribution is -2.10. The van der Waals surface area contributed by atoms with Crippen molar-refractivity contribution >= 4 is 40.5 Å². The number of aryl methyl sites for hydroxylation is 1. The van der Waals surface area contributed by atoms with Gasteiger partial charge in [-0.15, -0.1) is 0 Å². The van der Waals surface area contributed by atoms with Crippen molar-refractivity contribution in [3.05, 3.63) is 23.8 Å². The van der Waals surface area contributed by atoms with Crippen molar-refractivity contribution in [2.75, 3.05) is 17.3 Å². The third-order valence-electron chi connectivity index (χ3n) is 3.41. The average molecular weight is 308 g/mol. The molecule has 1 unspecified atom stereocenters. The lowest BCUT2D eigenvalue weighted by Gasteiger charge is -2.15. The molecule has 0 spiro atoms. The van der Waals surface area contributed by atoms with Crippen LogP contribution >= 0.6 is 23.5 Å². The van der Waals surface area contributed by atoms with Crippen molar-refractivity contribution in [2.24, 2.45) is 0 Å². The number of rotatable bonds is 4. The number of aliphatic carboxylic acids is 1. The molecule has 1 aromatic heterocycles. The number of nitrogens with zero attached hydrogens (tertiary/aromatic N) is 2. The monoisotopic (exact) mass is 308 g/mol. The highest BCUT2D eigenvalue weighted by Gasteiger charge is 2.23. The summed E-state index contributed by atoms with van der Waals surface area (Å²) >= 11 is 3.27. The topological polar surface area (TPSA) is 55.1 Å². The summed E-state index contributed by atoms with van der Waals surface area (Å²) in [5, 5.41) is 9.72. The highest BCUT2D eigenvalue weighted by molar-refractivity contribution is 8.00. The Morgan fingerprint density at radius 1 is 1.60 bits per heavy atom. The van der Waals surface area contributed by atoms with Gasteiger partial charge in [0.05, 0.1) is 16.8 Å². The van der Waals surface area contributed by atoms with Gasteiger partial charge in [0, 0.05) is 11.8 Å². The molecule has 1 saturated heterocycles. The Morgan fingerprint density at radius 3 is 3.15 bits per heavy atom. The second kappa shape index (κ2) is 5.69. The molecule has 1 fully saturated rings. The number of carbonyl (C=O) groups is 1. The number of imidazole rings is 1. The molecule has 0 bridgehead atoms. The smallest absolute Gasteiger partial charge is 0.313 e. The number of hydrogen-bond acceptors (Lipinski definition) is 4. The average Bonchev–Trinajstić information content (AvgIpc) is 3.01. The van der Waals surface area contributed by atoms with Crippen LogP contribution in [0.1, 0.15) is 18.0 Å². The van der Waals surface area contributed by atoms with Crippen LogP contribution in [0, 0.1) is 6.92 Å². The van der Waals surface area contributed by atoms with E-state index in [4.69, 9.17) is 5.11 Å². The molecule has 0 radical (unpaired) electrons. The van der Waals surface area contributed by atoms with Gasteiger partial charge in [-0.3, -0.25) is 4.79 Å². The van der Waals surface area contributed by atoms with E-state index in [1.54, 1.807) is 0 Å². The molecule has 1 aliphatic rings. The second-order valence-corrected chi connectivity index (χ2v) is 7.05. The van der Waals surface area contributed by atoms with Crippen LogP contribution in [0.2, 0.25) is 0 Å². The number of fused-ring (bicyclic) bond motifs is 1. The summed E-state index contributed by atoms with van der Waals surface area (Å²) in [6.45, 7) is 2.05. The van der Waals surface area contributed by atoms with Crippen LogP contribution in [-0.2, 0) is 4.79 Å². The summed E-state index contributed by atoms with van der Waals surface area (Å²) in [5.41, 5.74) is 3.27. The van der Waals surface area contributed by atoms with Crippen LogP contribution in [0.4, 0.5) is 0 Å². The normalized spacial score (nSPS) is 18.8. The molecule has 106 valence electrons. The first-order valence-corrected chi connectivity index (χ1v) is 8.70. The Kier molecular flexibility index (Phi) is 3.94. The molecule has 0 saturated carbocycles. The van der Waals surface area contributed by atoms with Gasteiger partial charge in [-0.1, -0.05) is 17.8 Å². The molecule has 6 heteroatoms. The van der Waals surface area contributed by atoms with Crippen LogP contribution in [-0.4, -0.2) is 37.9 Å². The van der Waals surface area contributed by atoms with E-state index < -0.39 is 5.97 Å². The number of aromatic nitrogens is 2. The van der Waals surface area contributed by atoms with Crippen LogP contribution in [0.15, 0.2) is 23.4 Å². The zero-order valence-electron chi connectivity index (χ0n) is 11.2. The van der Waals surface area contributed by atoms with E-state index in [-0.39, 0.29) is 5.75 Å². The highest BCUT2D eigenvalue weighted by atomic mass is 32.2. The molecule has 1 atom stereocenters. The van der Waals surface area contributed by atoms with Gasteiger partial charge in [0.1, 0.15) is 0 Å². The number of carboxylic acid groups (broad SMARTS) is 1. The Morgan fingerprint density at radius 2 is 2.45 bits per heavy atom. The number of thioether (sulfide) groups is 2. The Hall–Kier alpha value is -1.14. The van der Waals surface area contributed by atoms with Gasteiger partial charge in [0.15, 0.2) is 5.16 Å². The van der Waals surface area contributed by atoms with Gasteiger partial charge >= 0.3 is 5.97 Å². The summed E-state index contributed by atoms with van der Waals surface area (Å²) in [4.78, 5) is 15.5. The van der Waals surface area contributed by atoms with Crippen molar-refractivity contribution in [2.45, 2.75) is 24.5 Å². The molecule has 1 aromatic carbocycles. The lowest BCUT2D eigenvalue weighted by atomic mass is 10.2. The Bertz CT molecular complexity index is 648. The molecular formula is C14H16N2O2S2. The van der Waals surface area contributed by atoms with E-state index >= 15 is 0 Å². The van der Waals surface area contributed by atoms with Crippen LogP contribution in [0.3, 0.4) is 0 Å². The van der Waals surface area contributed by atoms with E-state index in [9.17, 15) is 4.79 Å². The summed E-state index contributed by atoms with van der Waals surface area (Å²) < 4.78 is 2.24. The fraction of sp³-hybridized carbons (Fsp3) is 0.429. The van der Waals surface area contributed by atoms with E-state index in [1.807, 2.05) is 18.7 Å². The third kappa shape index (κ3) is 2.67. The van der Waals surface area contributed by atoms with E-state index in [2.05, 4.69) is 27.8 Å². The predicted octanol–water partition coefficient (Wildman–Crippen LogP) is 3.20. The molecule has 4 nitrogen and oxygen atoms in total. The van der Waals surface area contributed by atoms with E-state index in [0.717, 1.165) is 28.4 Å². The van der Waals surface area contributed by atoms with Gasteiger partial charge in [-0.2, -0.15) is 11.8 Å². The van der Waals surface area contributed by atoms with Crippen LogP contribution in [0.25, 0.3) is 11.0 Å². The van der Waals surface area contributed by atoms with Gasteiger partial charge in [-0.25, -0.2) is 4.98 Å². The fourth-order valence-corrected chi connectivity index (χ4v) is 4.49. The number of benzene rings is 1. The Balaban J connectivity index is 2.05. The molecule has 0 aliphatic carbocycles. The maximum atomic E-state index is 10.8.